The lowest BCUT2D eigenvalue weighted by Crippen LogP contribution is -2.29. The molecule has 0 radical (unpaired) electrons. The summed E-state index contributed by atoms with van der Waals surface area (Å²) < 4.78 is 1.73. The number of thioether (sulfide) groups is 1. The molecule has 3 rings (SSSR count). The van der Waals surface area contributed by atoms with Crippen molar-refractivity contribution in [3.05, 3.63) is 43.1 Å². The van der Waals surface area contributed by atoms with Gasteiger partial charge in [-0.2, -0.15) is 0 Å². The number of aromatic nitrogens is 1. The summed E-state index contributed by atoms with van der Waals surface area (Å²) in [6, 6.07) is 3.43. The average molecular weight is 563 g/mol. The molecule has 0 spiro atoms. The zero-order valence-corrected chi connectivity index (χ0v) is 19.8. The highest BCUT2D eigenvalue weighted by molar-refractivity contribution is 9.11. The van der Waals surface area contributed by atoms with Gasteiger partial charge in [-0.05, 0) is 40.6 Å². The lowest BCUT2D eigenvalue weighted by atomic mass is 10.2. The van der Waals surface area contributed by atoms with Crippen molar-refractivity contribution in [2.45, 2.75) is 12.8 Å². The van der Waals surface area contributed by atoms with Crippen LogP contribution in [-0.2, 0) is 9.59 Å². The number of hydrogen-bond acceptors (Lipinski definition) is 7. The van der Waals surface area contributed by atoms with Crippen molar-refractivity contribution in [2.75, 3.05) is 11.9 Å². The first-order valence-corrected chi connectivity index (χ1v) is 11.7. The van der Waals surface area contributed by atoms with E-state index in [0.717, 1.165) is 4.47 Å². The Morgan fingerprint density at radius 2 is 2.18 bits per heavy atom. The number of nitrogens with zero attached hydrogens (tertiary/aromatic N) is 2. The molecule has 2 amide bonds. The normalized spacial score (nSPS) is 15.5. The molecule has 1 aromatic heterocycles. The molecular formula is C17H13Br2N3O3S3. The van der Waals surface area contributed by atoms with E-state index in [1.165, 1.54) is 28.0 Å². The van der Waals surface area contributed by atoms with Gasteiger partial charge in [-0.15, -0.1) is 11.3 Å². The van der Waals surface area contributed by atoms with Crippen LogP contribution in [-0.4, -0.2) is 37.7 Å². The molecule has 2 N–H and O–H groups in total. The van der Waals surface area contributed by atoms with Gasteiger partial charge in [-0.1, -0.05) is 39.9 Å². The molecule has 1 aliphatic rings. The van der Waals surface area contributed by atoms with Crippen molar-refractivity contribution < 1.29 is 14.7 Å². The van der Waals surface area contributed by atoms with Crippen molar-refractivity contribution in [3.8, 4) is 5.75 Å². The van der Waals surface area contributed by atoms with Crippen LogP contribution in [0.3, 0.4) is 0 Å². The van der Waals surface area contributed by atoms with E-state index in [1.54, 1.807) is 29.8 Å². The summed E-state index contributed by atoms with van der Waals surface area (Å²) >= 11 is 14.5. The van der Waals surface area contributed by atoms with Gasteiger partial charge in [0.25, 0.3) is 5.91 Å². The molecule has 0 atom stereocenters. The third kappa shape index (κ3) is 5.20. The van der Waals surface area contributed by atoms with Crippen LogP contribution in [0.25, 0.3) is 6.08 Å². The van der Waals surface area contributed by atoms with Gasteiger partial charge in [-0.3, -0.25) is 14.5 Å². The first kappa shape index (κ1) is 21.4. The summed E-state index contributed by atoms with van der Waals surface area (Å²) in [6.07, 6.45) is 3.97. The Morgan fingerprint density at radius 1 is 1.39 bits per heavy atom. The largest absolute Gasteiger partial charge is 0.506 e. The second kappa shape index (κ2) is 9.49. The van der Waals surface area contributed by atoms with E-state index in [4.69, 9.17) is 12.2 Å². The number of thiazole rings is 1. The second-order valence-electron chi connectivity index (χ2n) is 5.65. The fraction of sp³-hybridized carbons (Fsp3) is 0.176. The maximum Gasteiger partial charge on any atom is 0.266 e. The van der Waals surface area contributed by atoms with E-state index >= 15 is 0 Å². The molecule has 11 heteroatoms. The first-order chi connectivity index (χ1) is 13.3. The maximum absolute atomic E-state index is 12.7. The topological polar surface area (TPSA) is 82.5 Å². The van der Waals surface area contributed by atoms with Crippen LogP contribution < -0.4 is 5.32 Å². The van der Waals surface area contributed by atoms with Crippen LogP contribution in [0.5, 0.6) is 5.75 Å². The molecule has 1 aromatic carbocycles. The molecule has 0 saturated carbocycles. The molecule has 0 aliphatic carbocycles. The molecule has 6 nitrogen and oxygen atoms in total. The first-order valence-electron chi connectivity index (χ1n) is 7.98. The van der Waals surface area contributed by atoms with Gasteiger partial charge >= 0.3 is 0 Å². The third-order valence-electron chi connectivity index (χ3n) is 3.68. The molecule has 2 aromatic rings. The van der Waals surface area contributed by atoms with E-state index in [1.807, 2.05) is 0 Å². The van der Waals surface area contributed by atoms with Gasteiger partial charge in [0, 0.05) is 34.6 Å². The number of hydrogen-bond donors (Lipinski definition) is 2. The summed E-state index contributed by atoms with van der Waals surface area (Å²) in [5.74, 6) is -0.335. The Labute approximate surface area is 191 Å². The zero-order valence-electron chi connectivity index (χ0n) is 14.1. The number of amides is 2. The monoisotopic (exact) mass is 561 g/mol. The minimum absolute atomic E-state index is 0.0484. The van der Waals surface area contributed by atoms with Crippen LogP contribution in [0.2, 0.25) is 0 Å². The molecule has 1 aliphatic heterocycles. The summed E-state index contributed by atoms with van der Waals surface area (Å²) in [5, 5.41) is 15.2. The fourth-order valence-corrected chi connectivity index (χ4v) is 5.50. The highest BCUT2D eigenvalue weighted by Crippen LogP contribution is 2.37. The maximum atomic E-state index is 12.7. The van der Waals surface area contributed by atoms with Crippen molar-refractivity contribution in [2.24, 2.45) is 0 Å². The number of anilines is 1. The number of phenols is 1. The van der Waals surface area contributed by atoms with Gasteiger partial charge < -0.3 is 10.4 Å². The Hall–Kier alpha value is -1.27. The number of halogens is 2. The van der Waals surface area contributed by atoms with Gasteiger partial charge in [0.1, 0.15) is 10.1 Å². The highest BCUT2D eigenvalue weighted by Gasteiger charge is 2.32. The number of thiocarbonyl (C=S) groups is 1. The standard InChI is InChI=1S/C17H13Br2N3O3S3/c18-10-6-9(14(24)11(19)8-10)7-12-15(25)22(17(26)28-12)4-1-2-13(23)21-16-20-3-5-27-16/h3,5-8,24H,1-2,4H2,(H,20,21,23)/b12-7-. The van der Waals surface area contributed by atoms with Crippen LogP contribution in [0.15, 0.2) is 37.6 Å². The van der Waals surface area contributed by atoms with E-state index < -0.39 is 0 Å². The van der Waals surface area contributed by atoms with Crippen molar-refractivity contribution >= 4 is 94.5 Å². The Morgan fingerprint density at radius 3 is 2.89 bits per heavy atom. The van der Waals surface area contributed by atoms with Crippen molar-refractivity contribution in [1.82, 2.24) is 9.88 Å². The summed E-state index contributed by atoms with van der Waals surface area (Å²) in [6.45, 7) is 0.349. The highest BCUT2D eigenvalue weighted by atomic mass is 79.9. The molecule has 0 unspecified atom stereocenters. The minimum Gasteiger partial charge on any atom is -0.506 e. The minimum atomic E-state index is -0.231. The molecular weight excluding hydrogens is 550 g/mol. The lowest BCUT2D eigenvalue weighted by Gasteiger charge is -2.13. The Bertz CT molecular complexity index is 964. The molecule has 1 fully saturated rings. The van der Waals surface area contributed by atoms with Crippen LogP contribution in [0.4, 0.5) is 5.13 Å². The van der Waals surface area contributed by atoms with Crippen molar-refractivity contribution in [1.29, 1.82) is 0 Å². The SMILES string of the molecule is O=C(CCCN1C(=O)/C(=C/c2cc(Br)cc(Br)c2O)SC1=S)Nc1nccs1. The number of aromatic hydroxyl groups is 1. The van der Waals surface area contributed by atoms with Crippen LogP contribution in [0.1, 0.15) is 18.4 Å². The van der Waals surface area contributed by atoms with E-state index in [9.17, 15) is 14.7 Å². The van der Waals surface area contributed by atoms with E-state index in [2.05, 4.69) is 42.2 Å². The Balaban J connectivity index is 1.61. The van der Waals surface area contributed by atoms with Gasteiger partial charge in [0.15, 0.2) is 5.13 Å². The summed E-state index contributed by atoms with van der Waals surface area (Å²) in [7, 11) is 0. The zero-order chi connectivity index (χ0) is 20.3. The molecule has 146 valence electrons. The second-order valence-corrected chi connectivity index (χ2v) is 9.99. The molecule has 1 saturated heterocycles. The number of carbonyl (C=O) groups excluding carboxylic acids is 2. The van der Waals surface area contributed by atoms with E-state index in [-0.39, 0.29) is 24.0 Å². The number of nitrogens with one attached hydrogen (secondary N) is 1. The van der Waals surface area contributed by atoms with Crippen LogP contribution in [0, 0.1) is 0 Å². The number of rotatable bonds is 6. The number of carbonyl (C=O) groups is 2. The van der Waals surface area contributed by atoms with Gasteiger partial charge in [0.2, 0.25) is 5.91 Å². The predicted molar refractivity (Wildman–Crippen MR) is 123 cm³/mol. The summed E-state index contributed by atoms with van der Waals surface area (Å²) in [5.41, 5.74) is 0.504. The smallest absolute Gasteiger partial charge is 0.266 e. The predicted octanol–water partition coefficient (Wildman–Crippen LogP) is 4.99. The molecule has 2 heterocycles. The summed E-state index contributed by atoms with van der Waals surface area (Å²) in [4.78, 5) is 30.5. The third-order valence-corrected chi connectivity index (χ3v) is 6.81. The molecule has 0 bridgehead atoms. The van der Waals surface area contributed by atoms with Crippen molar-refractivity contribution in [3.63, 3.8) is 0 Å². The average Bonchev–Trinajstić information content (AvgIpc) is 3.22. The number of phenolic OH excluding ortho intramolecular Hbond substituents is 1. The van der Waals surface area contributed by atoms with Gasteiger partial charge in [-0.25, -0.2) is 4.98 Å². The number of benzene rings is 1. The van der Waals surface area contributed by atoms with E-state index in [0.29, 0.717) is 37.4 Å². The van der Waals surface area contributed by atoms with Gasteiger partial charge in [0.05, 0.1) is 9.38 Å². The lowest BCUT2D eigenvalue weighted by molar-refractivity contribution is -0.122. The van der Waals surface area contributed by atoms with Crippen LogP contribution >= 0.6 is 67.2 Å². The Kier molecular flexibility index (Phi) is 7.26. The quantitative estimate of drug-likeness (QED) is 0.381. The molecule has 28 heavy (non-hydrogen) atoms. The fourth-order valence-electron chi connectivity index (χ4n) is 2.39.